The summed E-state index contributed by atoms with van der Waals surface area (Å²) in [6, 6.07) is 5.28. The molecule has 0 aromatic heterocycles. The molecular weight excluding hydrogens is 297 g/mol. The van der Waals surface area contributed by atoms with Crippen LogP contribution in [0.15, 0.2) is 18.2 Å². The Hall–Kier alpha value is -0.970. The van der Waals surface area contributed by atoms with E-state index >= 15 is 0 Å². The van der Waals surface area contributed by atoms with Gasteiger partial charge in [0.2, 0.25) is 0 Å². The Kier molecular flexibility index (Phi) is 4.06. The van der Waals surface area contributed by atoms with E-state index in [1.165, 1.54) is 6.42 Å². The molecule has 6 heteroatoms. The molecule has 2 N–H and O–H groups in total. The van der Waals surface area contributed by atoms with Gasteiger partial charge in [-0.1, -0.05) is 23.2 Å². The van der Waals surface area contributed by atoms with Crippen LogP contribution in [-0.4, -0.2) is 36.6 Å². The van der Waals surface area contributed by atoms with Gasteiger partial charge >= 0.3 is 6.03 Å². The summed E-state index contributed by atoms with van der Waals surface area (Å²) in [5.74, 6) is 0.573. The summed E-state index contributed by atoms with van der Waals surface area (Å²) < 4.78 is 0. The predicted octanol–water partition coefficient (Wildman–Crippen LogP) is 3.21. The topological polar surface area (TPSA) is 44.4 Å². The van der Waals surface area contributed by atoms with Crippen molar-refractivity contribution >= 4 is 34.9 Å². The number of fused-ring (bicyclic) bond motifs is 1. The second kappa shape index (κ2) is 5.80. The van der Waals surface area contributed by atoms with Gasteiger partial charge in [-0.05, 0) is 37.0 Å². The molecular formula is C14H17Cl2N3O. The summed E-state index contributed by atoms with van der Waals surface area (Å²) in [5, 5.41) is 7.30. The Bertz CT molecular complexity index is 523. The van der Waals surface area contributed by atoms with Crippen molar-refractivity contribution in [1.29, 1.82) is 0 Å². The molecule has 0 saturated carbocycles. The van der Waals surface area contributed by atoms with Crippen LogP contribution in [0.4, 0.5) is 10.5 Å². The van der Waals surface area contributed by atoms with Crippen LogP contribution < -0.4 is 10.6 Å². The zero-order chi connectivity index (χ0) is 14.1. The molecule has 2 unspecified atom stereocenters. The summed E-state index contributed by atoms with van der Waals surface area (Å²) in [4.78, 5) is 14.4. The smallest absolute Gasteiger partial charge is 0.320 e. The highest BCUT2D eigenvalue weighted by atomic mass is 35.5. The minimum Gasteiger partial charge on any atom is -0.320 e. The highest BCUT2D eigenvalue weighted by Gasteiger charge is 2.37. The Labute approximate surface area is 128 Å². The van der Waals surface area contributed by atoms with Crippen molar-refractivity contribution in [1.82, 2.24) is 10.2 Å². The van der Waals surface area contributed by atoms with Gasteiger partial charge in [0.25, 0.3) is 0 Å². The number of rotatable bonds is 1. The van der Waals surface area contributed by atoms with Crippen LogP contribution in [-0.2, 0) is 0 Å². The van der Waals surface area contributed by atoms with Crippen molar-refractivity contribution in [2.75, 3.05) is 25.0 Å². The fourth-order valence-corrected chi connectivity index (χ4v) is 3.44. The summed E-state index contributed by atoms with van der Waals surface area (Å²) in [7, 11) is 0. The van der Waals surface area contributed by atoms with Gasteiger partial charge in [-0.2, -0.15) is 0 Å². The molecule has 3 rings (SSSR count). The van der Waals surface area contributed by atoms with E-state index in [1.807, 2.05) is 4.90 Å². The Morgan fingerprint density at radius 3 is 3.05 bits per heavy atom. The first-order valence-electron chi connectivity index (χ1n) is 6.88. The zero-order valence-electron chi connectivity index (χ0n) is 11.0. The van der Waals surface area contributed by atoms with E-state index in [1.54, 1.807) is 18.2 Å². The van der Waals surface area contributed by atoms with E-state index < -0.39 is 0 Å². The first-order chi connectivity index (χ1) is 9.65. The first kappa shape index (κ1) is 14.0. The largest absolute Gasteiger partial charge is 0.322 e. The molecule has 2 aliphatic rings. The van der Waals surface area contributed by atoms with Crippen LogP contribution in [0, 0.1) is 5.92 Å². The van der Waals surface area contributed by atoms with Crippen molar-refractivity contribution in [3.05, 3.63) is 28.2 Å². The Balaban J connectivity index is 1.74. The molecule has 4 nitrogen and oxygen atoms in total. The number of piperidine rings is 1. The first-order valence-corrected chi connectivity index (χ1v) is 7.64. The SMILES string of the molecule is O=C(Nc1cc(Cl)ccc1Cl)N1CCCC2CNCC21. The van der Waals surface area contributed by atoms with Gasteiger partial charge in [0.15, 0.2) is 0 Å². The van der Waals surface area contributed by atoms with Crippen molar-refractivity contribution in [2.45, 2.75) is 18.9 Å². The number of carbonyl (C=O) groups is 1. The maximum absolute atomic E-state index is 12.5. The number of nitrogens with zero attached hydrogens (tertiary/aromatic N) is 1. The Morgan fingerprint density at radius 1 is 1.35 bits per heavy atom. The van der Waals surface area contributed by atoms with Crippen LogP contribution in [0.3, 0.4) is 0 Å². The van der Waals surface area contributed by atoms with E-state index in [9.17, 15) is 4.79 Å². The van der Waals surface area contributed by atoms with Crippen LogP contribution in [0.2, 0.25) is 10.0 Å². The number of anilines is 1. The van der Waals surface area contributed by atoms with E-state index in [2.05, 4.69) is 10.6 Å². The lowest BCUT2D eigenvalue weighted by Crippen LogP contribution is -2.50. The second-order valence-electron chi connectivity index (χ2n) is 5.38. The molecule has 108 valence electrons. The van der Waals surface area contributed by atoms with E-state index in [0.717, 1.165) is 26.1 Å². The number of benzene rings is 1. The van der Waals surface area contributed by atoms with Crippen LogP contribution >= 0.6 is 23.2 Å². The van der Waals surface area contributed by atoms with Crippen molar-refractivity contribution in [2.24, 2.45) is 5.92 Å². The lowest BCUT2D eigenvalue weighted by Gasteiger charge is -2.37. The quantitative estimate of drug-likeness (QED) is 0.836. The van der Waals surface area contributed by atoms with Gasteiger partial charge in [0.05, 0.1) is 10.7 Å². The lowest BCUT2D eigenvalue weighted by molar-refractivity contribution is 0.147. The molecule has 1 aromatic rings. The molecule has 0 spiro atoms. The standard InChI is InChI=1S/C14H17Cl2N3O/c15-10-3-4-11(16)12(6-10)18-14(20)19-5-1-2-9-7-17-8-13(9)19/h3-4,6,9,13,17H,1-2,5,7-8H2,(H,18,20). The number of amides is 2. The van der Waals surface area contributed by atoms with Crippen LogP contribution in [0.1, 0.15) is 12.8 Å². The minimum atomic E-state index is -0.0902. The molecule has 0 radical (unpaired) electrons. The summed E-state index contributed by atoms with van der Waals surface area (Å²) in [6.45, 7) is 2.68. The molecule has 2 atom stereocenters. The third kappa shape index (κ3) is 2.73. The Morgan fingerprint density at radius 2 is 2.20 bits per heavy atom. The highest BCUT2D eigenvalue weighted by Crippen LogP contribution is 2.29. The van der Waals surface area contributed by atoms with Gasteiger partial charge in [0, 0.05) is 30.7 Å². The van der Waals surface area contributed by atoms with Gasteiger partial charge in [-0.15, -0.1) is 0 Å². The fourth-order valence-electron chi connectivity index (χ4n) is 3.10. The maximum atomic E-state index is 12.5. The number of nitrogens with one attached hydrogen (secondary N) is 2. The predicted molar refractivity (Wildman–Crippen MR) is 81.6 cm³/mol. The average molecular weight is 314 g/mol. The molecule has 20 heavy (non-hydrogen) atoms. The molecule has 2 saturated heterocycles. The average Bonchev–Trinajstić information content (AvgIpc) is 2.91. The number of likely N-dealkylation sites (tertiary alicyclic amines) is 1. The van der Waals surface area contributed by atoms with E-state index in [0.29, 0.717) is 27.7 Å². The minimum absolute atomic E-state index is 0.0902. The molecule has 1 aromatic carbocycles. The van der Waals surface area contributed by atoms with Crippen molar-refractivity contribution in [3.63, 3.8) is 0 Å². The summed E-state index contributed by atoms with van der Waals surface area (Å²) >= 11 is 12.0. The van der Waals surface area contributed by atoms with Crippen LogP contribution in [0.5, 0.6) is 0 Å². The maximum Gasteiger partial charge on any atom is 0.322 e. The number of hydrogen-bond donors (Lipinski definition) is 2. The number of halogens is 2. The fraction of sp³-hybridized carbons (Fsp3) is 0.500. The van der Waals surface area contributed by atoms with E-state index in [4.69, 9.17) is 23.2 Å². The molecule has 0 bridgehead atoms. The third-order valence-electron chi connectivity index (χ3n) is 4.11. The second-order valence-corrected chi connectivity index (χ2v) is 6.22. The van der Waals surface area contributed by atoms with Crippen molar-refractivity contribution < 1.29 is 4.79 Å². The monoisotopic (exact) mass is 313 g/mol. The normalized spacial score (nSPS) is 25.4. The molecule has 2 amide bonds. The van der Waals surface area contributed by atoms with Crippen LogP contribution in [0.25, 0.3) is 0 Å². The molecule has 2 heterocycles. The molecule has 2 aliphatic heterocycles. The lowest BCUT2D eigenvalue weighted by atomic mass is 9.92. The van der Waals surface area contributed by atoms with Gasteiger partial charge in [-0.3, -0.25) is 0 Å². The third-order valence-corrected chi connectivity index (χ3v) is 4.67. The summed E-state index contributed by atoms with van der Waals surface area (Å²) in [6.07, 6.45) is 2.25. The van der Waals surface area contributed by atoms with Gasteiger partial charge < -0.3 is 15.5 Å². The molecule has 0 aliphatic carbocycles. The summed E-state index contributed by atoms with van der Waals surface area (Å²) in [5.41, 5.74) is 0.567. The van der Waals surface area contributed by atoms with E-state index in [-0.39, 0.29) is 6.03 Å². The molecule has 2 fully saturated rings. The zero-order valence-corrected chi connectivity index (χ0v) is 12.5. The highest BCUT2D eigenvalue weighted by molar-refractivity contribution is 6.35. The number of urea groups is 1. The number of hydrogen-bond acceptors (Lipinski definition) is 2. The number of carbonyl (C=O) groups excluding carboxylic acids is 1. The van der Waals surface area contributed by atoms with Crippen molar-refractivity contribution in [3.8, 4) is 0 Å². The van der Waals surface area contributed by atoms with Gasteiger partial charge in [0.1, 0.15) is 0 Å². The van der Waals surface area contributed by atoms with Gasteiger partial charge in [-0.25, -0.2) is 4.79 Å².